The third kappa shape index (κ3) is 3.90. The van der Waals surface area contributed by atoms with E-state index in [0.29, 0.717) is 12.2 Å². The zero-order valence-corrected chi connectivity index (χ0v) is 15.3. The highest BCUT2D eigenvalue weighted by molar-refractivity contribution is 5.92. The molecular formula is C19H25N5O. The van der Waals surface area contributed by atoms with Crippen LogP contribution < -0.4 is 5.32 Å². The van der Waals surface area contributed by atoms with E-state index in [9.17, 15) is 4.79 Å². The molecule has 0 unspecified atom stereocenters. The number of rotatable bonds is 5. The Labute approximate surface area is 147 Å². The summed E-state index contributed by atoms with van der Waals surface area (Å²) in [6, 6.07) is 9.85. The van der Waals surface area contributed by atoms with Crippen molar-refractivity contribution in [1.82, 2.24) is 25.1 Å². The molecule has 3 rings (SSSR count). The van der Waals surface area contributed by atoms with Crippen molar-refractivity contribution in [3.05, 3.63) is 47.5 Å². The van der Waals surface area contributed by atoms with E-state index >= 15 is 0 Å². The number of hydrogen-bond acceptors (Lipinski definition) is 3. The molecule has 1 amide bonds. The Morgan fingerprint density at radius 2 is 2.04 bits per heavy atom. The van der Waals surface area contributed by atoms with Crippen molar-refractivity contribution in [2.24, 2.45) is 7.05 Å². The summed E-state index contributed by atoms with van der Waals surface area (Å²) in [5.41, 5.74) is 3.46. The minimum absolute atomic E-state index is 0.0718. The van der Waals surface area contributed by atoms with E-state index in [1.54, 1.807) is 11.7 Å². The zero-order valence-electron chi connectivity index (χ0n) is 15.3. The van der Waals surface area contributed by atoms with Crippen LogP contribution >= 0.6 is 0 Å². The predicted octanol–water partition coefficient (Wildman–Crippen LogP) is 2.96. The molecule has 1 aromatic carbocycles. The van der Waals surface area contributed by atoms with Crippen LogP contribution in [-0.4, -0.2) is 32.2 Å². The fourth-order valence-electron chi connectivity index (χ4n) is 2.72. The van der Waals surface area contributed by atoms with Crippen LogP contribution in [0.1, 0.15) is 49.2 Å². The molecule has 3 aromatic rings. The minimum Gasteiger partial charge on any atom is -0.351 e. The van der Waals surface area contributed by atoms with Gasteiger partial charge in [-0.3, -0.25) is 9.48 Å². The minimum atomic E-state index is -0.0879. The number of nitrogens with zero attached hydrogens (tertiary/aromatic N) is 3. The first-order valence-electron chi connectivity index (χ1n) is 8.61. The van der Waals surface area contributed by atoms with Gasteiger partial charge in [0.25, 0.3) is 5.91 Å². The standard InChI is InChI=1S/C19H25N5O/c1-19(2,3)16-12-15(24(4)23-16)18(25)20-11-7-10-17-21-13-8-5-6-9-14(13)22-17/h5-6,8-9,12H,7,10-11H2,1-4H3,(H,20,25)(H,21,22). The highest BCUT2D eigenvalue weighted by Crippen LogP contribution is 2.21. The van der Waals surface area contributed by atoms with Crippen molar-refractivity contribution < 1.29 is 4.79 Å². The van der Waals surface area contributed by atoms with E-state index in [-0.39, 0.29) is 11.3 Å². The maximum Gasteiger partial charge on any atom is 0.269 e. The molecule has 0 fully saturated rings. The van der Waals surface area contributed by atoms with Gasteiger partial charge in [0.05, 0.1) is 16.7 Å². The molecule has 0 aliphatic carbocycles. The van der Waals surface area contributed by atoms with Gasteiger partial charge in [-0.1, -0.05) is 32.9 Å². The number of imidazole rings is 1. The van der Waals surface area contributed by atoms with Crippen molar-refractivity contribution in [3.8, 4) is 0 Å². The number of H-pyrrole nitrogens is 1. The first kappa shape index (κ1) is 17.2. The highest BCUT2D eigenvalue weighted by Gasteiger charge is 2.21. The van der Waals surface area contributed by atoms with Gasteiger partial charge in [-0.15, -0.1) is 0 Å². The van der Waals surface area contributed by atoms with Crippen molar-refractivity contribution in [1.29, 1.82) is 0 Å². The lowest BCUT2D eigenvalue weighted by atomic mass is 9.92. The molecule has 25 heavy (non-hydrogen) atoms. The smallest absolute Gasteiger partial charge is 0.269 e. The maximum absolute atomic E-state index is 12.4. The fraction of sp³-hybridized carbons (Fsp3) is 0.421. The molecule has 132 valence electrons. The third-order valence-corrected chi connectivity index (χ3v) is 4.20. The Hall–Kier alpha value is -2.63. The van der Waals surface area contributed by atoms with E-state index in [1.165, 1.54) is 0 Å². The van der Waals surface area contributed by atoms with Gasteiger partial charge in [-0.2, -0.15) is 5.10 Å². The van der Waals surface area contributed by atoms with Gasteiger partial charge in [0.1, 0.15) is 11.5 Å². The molecule has 2 heterocycles. The number of aryl methyl sites for hydroxylation is 2. The summed E-state index contributed by atoms with van der Waals surface area (Å²) in [7, 11) is 1.80. The molecule has 2 N–H and O–H groups in total. The van der Waals surface area contributed by atoms with E-state index < -0.39 is 0 Å². The van der Waals surface area contributed by atoms with Gasteiger partial charge in [-0.05, 0) is 24.6 Å². The number of benzene rings is 1. The summed E-state index contributed by atoms with van der Waals surface area (Å²) < 4.78 is 1.65. The lowest BCUT2D eigenvalue weighted by Gasteiger charge is -2.13. The first-order valence-corrected chi connectivity index (χ1v) is 8.61. The number of fused-ring (bicyclic) bond motifs is 1. The Morgan fingerprint density at radius 3 is 2.72 bits per heavy atom. The average molecular weight is 339 g/mol. The Balaban J connectivity index is 1.53. The number of carbonyl (C=O) groups is 1. The second kappa shape index (κ2) is 6.70. The molecule has 0 aliphatic heterocycles. The molecule has 0 saturated carbocycles. The van der Waals surface area contributed by atoms with Crippen LogP contribution in [0.15, 0.2) is 30.3 Å². The van der Waals surface area contributed by atoms with Crippen LogP contribution in [0.3, 0.4) is 0 Å². The summed E-state index contributed by atoms with van der Waals surface area (Å²) in [5, 5.41) is 7.41. The van der Waals surface area contributed by atoms with Crippen molar-refractivity contribution in [2.75, 3.05) is 6.54 Å². The molecule has 0 spiro atoms. The maximum atomic E-state index is 12.4. The van der Waals surface area contributed by atoms with Gasteiger partial charge in [0.2, 0.25) is 0 Å². The number of aromatic amines is 1. The largest absolute Gasteiger partial charge is 0.351 e. The fourth-order valence-corrected chi connectivity index (χ4v) is 2.72. The van der Waals surface area contributed by atoms with Crippen LogP contribution in [0.4, 0.5) is 0 Å². The first-order chi connectivity index (χ1) is 11.8. The second-order valence-electron chi connectivity index (χ2n) is 7.35. The lowest BCUT2D eigenvalue weighted by molar-refractivity contribution is 0.0943. The topological polar surface area (TPSA) is 75.6 Å². The van der Waals surface area contributed by atoms with Gasteiger partial charge in [0.15, 0.2) is 0 Å². The van der Waals surface area contributed by atoms with Gasteiger partial charge in [-0.25, -0.2) is 4.98 Å². The molecule has 2 aromatic heterocycles. The van der Waals surface area contributed by atoms with Crippen LogP contribution in [-0.2, 0) is 18.9 Å². The normalized spacial score (nSPS) is 11.8. The molecule has 0 saturated heterocycles. The summed E-state index contributed by atoms with van der Waals surface area (Å²) in [6.07, 6.45) is 1.63. The predicted molar refractivity (Wildman–Crippen MR) is 98.7 cm³/mol. The van der Waals surface area contributed by atoms with Crippen LogP contribution in [0.25, 0.3) is 11.0 Å². The monoisotopic (exact) mass is 339 g/mol. The van der Waals surface area contributed by atoms with E-state index in [2.05, 4.69) is 41.2 Å². The van der Waals surface area contributed by atoms with Gasteiger partial charge in [0, 0.05) is 25.4 Å². The number of amides is 1. The lowest BCUT2D eigenvalue weighted by Crippen LogP contribution is -2.26. The Morgan fingerprint density at radius 1 is 1.28 bits per heavy atom. The van der Waals surface area contributed by atoms with Crippen LogP contribution in [0, 0.1) is 0 Å². The second-order valence-corrected chi connectivity index (χ2v) is 7.35. The molecule has 6 heteroatoms. The third-order valence-electron chi connectivity index (χ3n) is 4.20. The van der Waals surface area contributed by atoms with Crippen LogP contribution in [0.5, 0.6) is 0 Å². The number of hydrogen-bond donors (Lipinski definition) is 2. The van der Waals surface area contributed by atoms with E-state index in [4.69, 9.17) is 0 Å². The summed E-state index contributed by atoms with van der Waals surface area (Å²) in [4.78, 5) is 20.2. The Kier molecular flexibility index (Phi) is 4.61. The molecule has 6 nitrogen and oxygen atoms in total. The molecule has 0 bridgehead atoms. The van der Waals surface area contributed by atoms with Crippen LogP contribution in [0.2, 0.25) is 0 Å². The number of carbonyl (C=O) groups excluding carboxylic acids is 1. The SMILES string of the molecule is Cn1nc(C(C)(C)C)cc1C(=O)NCCCc1nc2ccccc2[nH]1. The summed E-state index contributed by atoms with van der Waals surface area (Å²) in [5.74, 6) is 0.862. The van der Waals surface area contributed by atoms with Gasteiger partial charge >= 0.3 is 0 Å². The molecular weight excluding hydrogens is 314 g/mol. The summed E-state index contributed by atoms with van der Waals surface area (Å²) >= 11 is 0. The molecule has 0 radical (unpaired) electrons. The van der Waals surface area contributed by atoms with Crippen molar-refractivity contribution in [2.45, 2.75) is 39.0 Å². The number of para-hydroxylation sites is 2. The average Bonchev–Trinajstić information content (AvgIpc) is 3.14. The Bertz CT molecular complexity index is 852. The quantitative estimate of drug-likeness (QED) is 0.702. The molecule has 0 atom stereocenters. The van der Waals surface area contributed by atoms with E-state index in [0.717, 1.165) is 35.4 Å². The number of nitrogens with one attached hydrogen (secondary N) is 2. The van der Waals surface area contributed by atoms with Gasteiger partial charge < -0.3 is 10.3 Å². The molecule has 0 aliphatic rings. The summed E-state index contributed by atoms with van der Waals surface area (Å²) in [6.45, 7) is 6.87. The number of aromatic nitrogens is 4. The zero-order chi connectivity index (χ0) is 18.0. The van der Waals surface area contributed by atoms with Crippen molar-refractivity contribution >= 4 is 16.9 Å². The van der Waals surface area contributed by atoms with E-state index in [1.807, 2.05) is 30.3 Å². The van der Waals surface area contributed by atoms with Crippen molar-refractivity contribution in [3.63, 3.8) is 0 Å². The highest BCUT2D eigenvalue weighted by atomic mass is 16.2.